The van der Waals surface area contributed by atoms with Crippen LogP contribution in [-0.4, -0.2) is 62.6 Å². The molecule has 8 heteroatoms. The summed E-state index contributed by atoms with van der Waals surface area (Å²) in [5.74, 6) is 0. The first-order valence-corrected chi connectivity index (χ1v) is 12.1. The van der Waals surface area contributed by atoms with Crippen molar-refractivity contribution in [2.45, 2.75) is 96.1 Å². The van der Waals surface area contributed by atoms with Crippen molar-refractivity contribution in [1.29, 1.82) is 0 Å². The summed E-state index contributed by atoms with van der Waals surface area (Å²) in [6, 6.07) is -0.205. The van der Waals surface area contributed by atoms with Crippen LogP contribution in [0.15, 0.2) is 12.2 Å². The number of rotatable bonds is 16. The lowest BCUT2D eigenvalue weighted by Crippen LogP contribution is -2.40. The highest BCUT2D eigenvalue weighted by atomic mass is 31.2. The Kier molecular flexibility index (Phi) is 21.4. The van der Waals surface area contributed by atoms with E-state index in [1.54, 1.807) is 0 Å². The van der Waals surface area contributed by atoms with Crippen LogP contribution in [0.5, 0.6) is 0 Å². The van der Waals surface area contributed by atoms with E-state index in [0.29, 0.717) is 0 Å². The SMILES string of the molecule is CCCCCCCCCCCCCC=CC(O)C(CO)N(C)C.O=P(O)(O)O. The van der Waals surface area contributed by atoms with Crippen LogP contribution in [0.4, 0.5) is 0 Å². The van der Waals surface area contributed by atoms with Crippen LogP contribution >= 0.6 is 7.82 Å². The van der Waals surface area contributed by atoms with Gasteiger partial charge in [-0.25, -0.2) is 4.57 Å². The Labute approximate surface area is 171 Å². The Hall–Kier alpha value is -0.270. The maximum absolute atomic E-state index is 9.97. The van der Waals surface area contributed by atoms with Gasteiger partial charge in [-0.15, -0.1) is 0 Å². The van der Waals surface area contributed by atoms with Crippen molar-refractivity contribution in [2.75, 3.05) is 20.7 Å². The smallest absolute Gasteiger partial charge is 0.395 e. The topological polar surface area (TPSA) is 121 Å². The number of likely N-dealkylation sites (N-methyl/N-ethyl adjacent to an activating group) is 1. The second-order valence-electron chi connectivity index (χ2n) is 7.47. The first-order valence-electron chi connectivity index (χ1n) is 10.5. The fourth-order valence-electron chi connectivity index (χ4n) is 2.87. The van der Waals surface area contributed by atoms with Crippen LogP contribution in [0.3, 0.4) is 0 Å². The molecule has 0 aliphatic carbocycles. The third-order valence-corrected chi connectivity index (χ3v) is 4.55. The number of phosphoric acid groups is 1. The summed E-state index contributed by atoms with van der Waals surface area (Å²) >= 11 is 0. The van der Waals surface area contributed by atoms with Gasteiger partial charge >= 0.3 is 7.82 Å². The molecule has 0 spiro atoms. The lowest BCUT2D eigenvalue weighted by atomic mass is 10.0. The van der Waals surface area contributed by atoms with Gasteiger partial charge in [0, 0.05) is 0 Å². The molecular formula is C20H44NO6P. The molecule has 0 aromatic heterocycles. The summed E-state index contributed by atoms with van der Waals surface area (Å²) in [5.41, 5.74) is 0. The monoisotopic (exact) mass is 425 g/mol. The zero-order valence-electron chi connectivity index (χ0n) is 18.0. The third-order valence-electron chi connectivity index (χ3n) is 4.55. The zero-order chi connectivity index (χ0) is 21.8. The lowest BCUT2D eigenvalue weighted by molar-refractivity contribution is 0.0672. The van der Waals surface area contributed by atoms with E-state index in [9.17, 15) is 10.2 Å². The molecule has 0 aromatic carbocycles. The van der Waals surface area contributed by atoms with Crippen molar-refractivity contribution < 1.29 is 29.5 Å². The van der Waals surface area contributed by atoms with Gasteiger partial charge in [-0.1, -0.05) is 83.3 Å². The minimum atomic E-state index is -4.64. The van der Waals surface area contributed by atoms with Crippen LogP contribution < -0.4 is 0 Å². The highest BCUT2D eigenvalue weighted by Crippen LogP contribution is 2.25. The van der Waals surface area contributed by atoms with E-state index in [4.69, 9.17) is 19.2 Å². The average Bonchev–Trinajstić information content (AvgIpc) is 2.57. The van der Waals surface area contributed by atoms with Crippen molar-refractivity contribution in [2.24, 2.45) is 0 Å². The number of hydrogen-bond donors (Lipinski definition) is 5. The van der Waals surface area contributed by atoms with Crippen LogP contribution in [-0.2, 0) is 4.57 Å². The molecule has 5 N–H and O–H groups in total. The molecule has 2 unspecified atom stereocenters. The maximum atomic E-state index is 9.97. The highest BCUT2D eigenvalue weighted by molar-refractivity contribution is 7.45. The van der Waals surface area contributed by atoms with E-state index >= 15 is 0 Å². The van der Waals surface area contributed by atoms with Crippen LogP contribution in [0, 0.1) is 0 Å². The molecule has 0 fully saturated rings. The number of hydrogen-bond acceptors (Lipinski definition) is 4. The van der Waals surface area contributed by atoms with Gasteiger partial charge in [-0.05, 0) is 26.9 Å². The van der Waals surface area contributed by atoms with E-state index in [0.717, 1.165) is 6.42 Å². The second-order valence-corrected chi connectivity index (χ2v) is 8.50. The Morgan fingerprint density at radius 1 is 0.857 bits per heavy atom. The normalized spacial score (nSPS) is 14.2. The first-order chi connectivity index (χ1) is 13.1. The summed E-state index contributed by atoms with van der Waals surface area (Å²) in [5, 5.41) is 19.2. The van der Waals surface area contributed by atoms with Gasteiger partial charge in [-0.2, -0.15) is 0 Å². The molecule has 0 heterocycles. The molecule has 0 amide bonds. The molecule has 0 aliphatic heterocycles. The van der Waals surface area contributed by atoms with E-state index < -0.39 is 13.9 Å². The summed E-state index contributed by atoms with van der Waals surface area (Å²) in [4.78, 5) is 23.4. The van der Waals surface area contributed by atoms with Gasteiger partial charge in [0.2, 0.25) is 0 Å². The van der Waals surface area contributed by atoms with Gasteiger partial charge in [0.1, 0.15) is 0 Å². The molecule has 0 radical (unpaired) electrons. The van der Waals surface area contributed by atoms with Gasteiger partial charge in [0.25, 0.3) is 0 Å². The molecule has 7 nitrogen and oxygen atoms in total. The average molecular weight is 426 g/mol. The number of unbranched alkanes of at least 4 members (excludes halogenated alkanes) is 11. The Morgan fingerprint density at radius 3 is 1.61 bits per heavy atom. The minimum Gasteiger partial charge on any atom is -0.395 e. The van der Waals surface area contributed by atoms with E-state index in [-0.39, 0.29) is 12.6 Å². The molecule has 0 aliphatic rings. The van der Waals surface area contributed by atoms with Crippen molar-refractivity contribution in [1.82, 2.24) is 4.90 Å². The molecule has 0 rings (SSSR count). The predicted octanol–water partition coefficient (Wildman–Crippen LogP) is 3.60. The standard InChI is InChI=1S/C20H41NO2.H3O4P/c1-4-5-6-7-8-9-10-11-12-13-14-15-16-17-20(23)19(18-22)21(2)3;1-5(2,3)4/h16-17,19-20,22-23H,4-15,18H2,1-3H3;(H3,1,2,3,4). The van der Waals surface area contributed by atoms with E-state index in [2.05, 4.69) is 13.0 Å². The highest BCUT2D eigenvalue weighted by Gasteiger charge is 2.17. The Balaban J connectivity index is 0. The van der Waals surface area contributed by atoms with Gasteiger partial charge in [0.15, 0.2) is 0 Å². The molecule has 2 atom stereocenters. The Bertz CT molecular complexity index is 392. The van der Waals surface area contributed by atoms with Crippen LogP contribution in [0.25, 0.3) is 0 Å². The van der Waals surface area contributed by atoms with Gasteiger partial charge in [0.05, 0.1) is 18.8 Å². The van der Waals surface area contributed by atoms with Gasteiger partial charge < -0.3 is 29.8 Å². The molecule has 28 heavy (non-hydrogen) atoms. The molecular weight excluding hydrogens is 381 g/mol. The quantitative estimate of drug-likeness (QED) is 0.145. The molecule has 0 saturated heterocycles. The van der Waals surface area contributed by atoms with Crippen molar-refractivity contribution >= 4 is 7.82 Å². The summed E-state index contributed by atoms with van der Waals surface area (Å²) < 4.78 is 8.88. The largest absolute Gasteiger partial charge is 0.466 e. The number of nitrogens with zero attached hydrogens (tertiary/aromatic N) is 1. The molecule has 0 saturated carbocycles. The minimum absolute atomic E-state index is 0.0169. The van der Waals surface area contributed by atoms with E-state index in [1.165, 1.54) is 70.6 Å². The number of aliphatic hydroxyl groups is 2. The predicted molar refractivity (Wildman–Crippen MR) is 115 cm³/mol. The Morgan fingerprint density at radius 2 is 1.25 bits per heavy atom. The number of aliphatic hydroxyl groups excluding tert-OH is 2. The number of allylic oxidation sites excluding steroid dienone is 1. The zero-order valence-corrected chi connectivity index (χ0v) is 18.9. The third kappa shape index (κ3) is 25.7. The van der Waals surface area contributed by atoms with Gasteiger partial charge in [-0.3, -0.25) is 0 Å². The maximum Gasteiger partial charge on any atom is 0.466 e. The molecule has 0 bridgehead atoms. The van der Waals surface area contributed by atoms with Crippen molar-refractivity contribution in [3.05, 3.63) is 12.2 Å². The molecule has 0 aromatic rings. The summed E-state index contributed by atoms with van der Waals surface area (Å²) in [7, 11) is -0.885. The fourth-order valence-corrected chi connectivity index (χ4v) is 2.87. The van der Waals surface area contributed by atoms with E-state index in [1.807, 2.05) is 25.1 Å². The lowest BCUT2D eigenvalue weighted by Gasteiger charge is -2.25. The first kappa shape index (κ1) is 29.9. The summed E-state index contributed by atoms with van der Waals surface area (Å²) in [6.45, 7) is 2.25. The molecule has 170 valence electrons. The van der Waals surface area contributed by atoms with Crippen molar-refractivity contribution in [3.63, 3.8) is 0 Å². The summed E-state index contributed by atoms with van der Waals surface area (Å²) in [6.07, 6.45) is 19.3. The van der Waals surface area contributed by atoms with Crippen LogP contribution in [0.1, 0.15) is 84.0 Å². The van der Waals surface area contributed by atoms with Crippen LogP contribution in [0.2, 0.25) is 0 Å². The second kappa shape index (κ2) is 20.0. The fraction of sp³-hybridized carbons (Fsp3) is 0.900. The van der Waals surface area contributed by atoms with Crippen molar-refractivity contribution in [3.8, 4) is 0 Å².